The first-order chi connectivity index (χ1) is 7.91. The van der Waals surface area contributed by atoms with Crippen LogP contribution in [0.3, 0.4) is 0 Å². The van der Waals surface area contributed by atoms with E-state index in [9.17, 15) is 0 Å². The SMILES string of the molecule is Cc1c(-n2ccc[n+]2C)cccc1C(C)(C)C. The largest absolute Gasteiger partial charge is 0.195 e. The van der Waals surface area contributed by atoms with Crippen molar-refractivity contribution in [3.05, 3.63) is 47.8 Å². The van der Waals surface area contributed by atoms with E-state index in [4.69, 9.17) is 0 Å². The fraction of sp³-hybridized carbons (Fsp3) is 0.400. The molecule has 0 unspecified atom stereocenters. The van der Waals surface area contributed by atoms with Crippen LogP contribution in [0.2, 0.25) is 0 Å². The van der Waals surface area contributed by atoms with Crippen LogP contribution in [0.15, 0.2) is 36.7 Å². The minimum Gasteiger partial charge on any atom is -0.128 e. The van der Waals surface area contributed by atoms with Crippen LogP contribution in [0.25, 0.3) is 5.69 Å². The van der Waals surface area contributed by atoms with Crippen molar-refractivity contribution in [1.29, 1.82) is 0 Å². The van der Waals surface area contributed by atoms with E-state index in [2.05, 4.69) is 80.8 Å². The van der Waals surface area contributed by atoms with Crippen molar-refractivity contribution in [2.24, 2.45) is 7.05 Å². The molecule has 2 heteroatoms. The maximum Gasteiger partial charge on any atom is 0.195 e. The molecular weight excluding hydrogens is 208 g/mol. The van der Waals surface area contributed by atoms with Crippen LogP contribution >= 0.6 is 0 Å². The molecule has 2 rings (SSSR count). The number of aryl methyl sites for hydroxylation is 1. The first-order valence-electron chi connectivity index (χ1n) is 6.05. The molecule has 0 atom stereocenters. The Labute approximate surface area is 103 Å². The molecule has 90 valence electrons. The Morgan fingerprint density at radius 3 is 2.35 bits per heavy atom. The summed E-state index contributed by atoms with van der Waals surface area (Å²) in [6, 6.07) is 8.60. The van der Waals surface area contributed by atoms with Crippen LogP contribution in [0.5, 0.6) is 0 Å². The van der Waals surface area contributed by atoms with Crippen molar-refractivity contribution in [2.45, 2.75) is 33.1 Å². The molecule has 0 saturated carbocycles. The van der Waals surface area contributed by atoms with Crippen LogP contribution in [0.1, 0.15) is 31.9 Å². The number of aromatic nitrogens is 2. The van der Waals surface area contributed by atoms with Crippen molar-refractivity contribution in [3.63, 3.8) is 0 Å². The van der Waals surface area contributed by atoms with Gasteiger partial charge in [-0.15, -0.1) is 9.36 Å². The molecule has 0 amide bonds. The Kier molecular flexibility index (Phi) is 2.82. The molecule has 2 aromatic rings. The monoisotopic (exact) mass is 229 g/mol. The van der Waals surface area contributed by atoms with Gasteiger partial charge in [-0.2, -0.15) is 0 Å². The molecular formula is C15H21N2+. The number of hydrogen-bond acceptors (Lipinski definition) is 0. The van der Waals surface area contributed by atoms with Gasteiger partial charge in [-0.05, 0) is 29.5 Å². The lowest BCUT2D eigenvalue weighted by Gasteiger charge is -2.22. The zero-order chi connectivity index (χ0) is 12.6. The lowest BCUT2D eigenvalue weighted by Crippen LogP contribution is -2.37. The van der Waals surface area contributed by atoms with Gasteiger partial charge in [-0.3, -0.25) is 0 Å². The van der Waals surface area contributed by atoms with E-state index in [1.807, 2.05) is 0 Å². The first-order valence-corrected chi connectivity index (χ1v) is 6.05. The van der Waals surface area contributed by atoms with Crippen LogP contribution in [-0.2, 0) is 12.5 Å². The lowest BCUT2D eigenvalue weighted by molar-refractivity contribution is -0.744. The summed E-state index contributed by atoms with van der Waals surface area (Å²) in [6.07, 6.45) is 4.15. The summed E-state index contributed by atoms with van der Waals surface area (Å²) in [5.41, 5.74) is 4.20. The van der Waals surface area contributed by atoms with Gasteiger partial charge >= 0.3 is 0 Å². The molecule has 0 radical (unpaired) electrons. The second-order valence-electron chi connectivity index (χ2n) is 5.61. The van der Waals surface area contributed by atoms with E-state index in [1.54, 1.807) is 0 Å². The molecule has 2 nitrogen and oxygen atoms in total. The van der Waals surface area contributed by atoms with Gasteiger partial charge in [0, 0.05) is 6.07 Å². The van der Waals surface area contributed by atoms with Crippen LogP contribution in [-0.4, -0.2) is 4.68 Å². The molecule has 0 saturated heterocycles. The third-order valence-corrected chi connectivity index (χ3v) is 3.23. The summed E-state index contributed by atoms with van der Waals surface area (Å²) in [6.45, 7) is 8.98. The Morgan fingerprint density at radius 2 is 1.82 bits per heavy atom. The average molecular weight is 229 g/mol. The summed E-state index contributed by atoms with van der Waals surface area (Å²) in [5.74, 6) is 0. The van der Waals surface area contributed by atoms with Crippen molar-refractivity contribution >= 4 is 0 Å². The molecule has 1 aromatic heterocycles. The molecule has 0 spiro atoms. The second kappa shape index (κ2) is 4.02. The molecule has 0 aliphatic rings. The molecule has 1 heterocycles. The van der Waals surface area contributed by atoms with Crippen LogP contribution in [0, 0.1) is 6.92 Å². The first kappa shape index (κ1) is 11.9. The van der Waals surface area contributed by atoms with Gasteiger partial charge in [0.1, 0.15) is 5.69 Å². The van der Waals surface area contributed by atoms with E-state index in [0.717, 1.165) is 0 Å². The summed E-state index contributed by atoms with van der Waals surface area (Å²) < 4.78 is 4.26. The summed E-state index contributed by atoms with van der Waals surface area (Å²) in [7, 11) is 2.06. The van der Waals surface area contributed by atoms with E-state index >= 15 is 0 Å². The smallest absolute Gasteiger partial charge is 0.128 e. The lowest BCUT2D eigenvalue weighted by atomic mass is 9.83. The van der Waals surface area contributed by atoms with Gasteiger partial charge in [-0.25, -0.2) is 0 Å². The molecule has 0 aliphatic heterocycles. The predicted octanol–water partition coefficient (Wildman–Crippen LogP) is 2.91. The maximum atomic E-state index is 2.26. The van der Waals surface area contributed by atoms with E-state index in [-0.39, 0.29) is 5.41 Å². The van der Waals surface area contributed by atoms with Crippen molar-refractivity contribution < 1.29 is 4.68 Å². The number of nitrogens with zero attached hydrogens (tertiary/aromatic N) is 2. The third kappa shape index (κ3) is 2.12. The highest BCUT2D eigenvalue weighted by Gasteiger charge is 2.19. The van der Waals surface area contributed by atoms with E-state index in [1.165, 1.54) is 16.8 Å². The minimum absolute atomic E-state index is 0.186. The Morgan fingerprint density at radius 1 is 1.12 bits per heavy atom. The summed E-state index contributed by atoms with van der Waals surface area (Å²) in [4.78, 5) is 0. The molecule has 0 bridgehead atoms. The predicted molar refractivity (Wildman–Crippen MR) is 70.4 cm³/mol. The number of hydrogen-bond donors (Lipinski definition) is 0. The van der Waals surface area contributed by atoms with Crippen molar-refractivity contribution in [3.8, 4) is 5.69 Å². The Bertz CT molecular complexity index is 530. The summed E-state index contributed by atoms with van der Waals surface area (Å²) >= 11 is 0. The molecule has 0 N–H and O–H groups in total. The van der Waals surface area contributed by atoms with Gasteiger partial charge in [-0.1, -0.05) is 32.9 Å². The van der Waals surface area contributed by atoms with Gasteiger partial charge in [0.15, 0.2) is 13.2 Å². The van der Waals surface area contributed by atoms with Gasteiger partial charge < -0.3 is 0 Å². The van der Waals surface area contributed by atoms with E-state index < -0.39 is 0 Å². The highest BCUT2D eigenvalue weighted by molar-refractivity contribution is 5.46. The quantitative estimate of drug-likeness (QED) is 0.665. The standard InChI is InChI=1S/C15H21N2/c1-12-13(15(2,3)4)8-6-9-14(12)17-11-7-10-16(17)5/h6-11H,1-5H3/q+1. The highest BCUT2D eigenvalue weighted by Crippen LogP contribution is 2.28. The normalized spacial score (nSPS) is 11.8. The van der Waals surface area contributed by atoms with Gasteiger partial charge in [0.05, 0.1) is 6.20 Å². The second-order valence-corrected chi connectivity index (χ2v) is 5.61. The summed E-state index contributed by atoms with van der Waals surface area (Å²) in [5, 5.41) is 0. The maximum absolute atomic E-state index is 2.26. The number of rotatable bonds is 1. The zero-order valence-electron chi connectivity index (χ0n) is 11.4. The third-order valence-electron chi connectivity index (χ3n) is 3.23. The fourth-order valence-corrected chi connectivity index (χ4v) is 2.36. The average Bonchev–Trinajstić information content (AvgIpc) is 2.63. The Hall–Kier alpha value is -1.57. The molecule has 0 aliphatic carbocycles. The fourth-order valence-electron chi connectivity index (χ4n) is 2.36. The zero-order valence-corrected chi connectivity index (χ0v) is 11.4. The van der Waals surface area contributed by atoms with Crippen molar-refractivity contribution in [2.75, 3.05) is 0 Å². The topological polar surface area (TPSA) is 8.81 Å². The number of benzene rings is 1. The van der Waals surface area contributed by atoms with Crippen LogP contribution < -0.4 is 4.68 Å². The van der Waals surface area contributed by atoms with E-state index in [0.29, 0.717) is 0 Å². The van der Waals surface area contributed by atoms with Crippen molar-refractivity contribution in [1.82, 2.24) is 4.68 Å². The highest BCUT2D eigenvalue weighted by atomic mass is 15.4. The van der Waals surface area contributed by atoms with Gasteiger partial charge in [0.2, 0.25) is 0 Å². The molecule has 1 aromatic carbocycles. The molecule has 17 heavy (non-hydrogen) atoms. The Balaban J connectivity index is 2.62. The minimum atomic E-state index is 0.186. The molecule has 0 fully saturated rings. The van der Waals surface area contributed by atoms with Gasteiger partial charge in [0.25, 0.3) is 0 Å². The van der Waals surface area contributed by atoms with Crippen LogP contribution in [0.4, 0.5) is 0 Å².